The minimum atomic E-state index is -1.07. The fourth-order valence-corrected chi connectivity index (χ4v) is 1.59. The molecule has 1 aromatic rings. The van der Waals surface area contributed by atoms with Gasteiger partial charge in [-0.3, -0.25) is 4.79 Å². The highest BCUT2D eigenvalue weighted by atomic mass is 16.4. The third-order valence-electron chi connectivity index (χ3n) is 2.57. The van der Waals surface area contributed by atoms with Crippen LogP contribution in [-0.4, -0.2) is 28.0 Å². The Hall–Kier alpha value is -1.95. The van der Waals surface area contributed by atoms with Crippen molar-refractivity contribution in [1.82, 2.24) is 10.3 Å². The SMILES string of the molecule is CC(C)CC(N)C(=O)NCc1ccc(C(=O)O)nc1. The lowest BCUT2D eigenvalue weighted by molar-refractivity contribution is -0.122. The van der Waals surface area contributed by atoms with E-state index in [1.165, 1.54) is 12.3 Å². The molecule has 0 aromatic carbocycles. The van der Waals surface area contributed by atoms with E-state index in [0.29, 0.717) is 12.3 Å². The number of nitrogens with one attached hydrogen (secondary N) is 1. The summed E-state index contributed by atoms with van der Waals surface area (Å²) in [6, 6.07) is 2.49. The summed E-state index contributed by atoms with van der Waals surface area (Å²) in [5.41, 5.74) is 6.45. The van der Waals surface area contributed by atoms with Gasteiger partial charge in [-0.25, -0.2) is 9.78 Å². The summed E-state index contributed by atoms with van der Waals surface area (Å²) < 4.78 is 0. The van der Waals surface area contributed by atoms with Crippen LogP contribution in [0.25, 0.3) is 0 Å². The third-order valence-corrected chi connectivity index (χ3v) is 2.57. The van der Waals surface area contributed by atoms with Gasteiger partial charge in [-0.15, -0.1) is 0 Å². The minimum Gasteiger partial charge on any atom is -0.477 e. The fraction of sp³-hybridized carbons (Fsp3) is 0.462. The molecule has 6 nitrogen and oxygen atoms in total. The number of carbonyl (C=O) groups excluding carboxylic acids is 1. The molecule has 104 valence electrons. The molecule has 4 N–H and O–H groups in total. The number of pyridine rings is 1. The Morgan fingerprint density at radius 1 is 1.42 bits per heavy atom. The van der Waals surface area contributed by atoms with Gasteiger partial charge in [0.05, 0.1) is 6.04 Å². The van der Waals surface area contributed by atoms with Crippen LogP contribution in [0.3, 0.4) is 0 Å². The lowest BCUT2D eigenvalue weighted by Gasteiger charge is -2.14. The van der Waals surface area contributed by atoms with E-state index in [0.717, 1.165) is 5.56 Å². The fourth-order valence-electron chi connectivity index (χ4n) is 1.59. The molecule has 19 heavy (non-hydrogen) atoms. The van der Waals surface area contributed by atoms with Crippen molar-refractivity contribution in [2.45, 2.75) is 32.9 Å². The molecule has 0 aliphatic carbocycles. The number of carboxylic acids is 1. The second-order valence-corrected chi connectivity index (χ2v) is 4.81. The zero-order chi connectivity index (χ0) is 14.4. The maximum absolute atomic E-state index is 11.7. The van der Waals surface area contributed by atoms with Crippen LogP contribution in [0.2, 0.25) is 0 Å². The van der Waals surface area contributed by atoms with E-state index < -0.39 is 12.0 Å². The summed E-state index contributed by atoms with van der Waals surface area (Å²) in [5.74, 6) is -0.928. The predicted molar refractivity (Wildman–Crippen MR) is 70.5 cm³/mol. The van der Waals surface area contributed by atoms with E-state index in [1.807, 2.05) is 13.8 Å². The summed E-state index contributed by atoms with van der Waals surface area (Å²) in [7, 11) is 0. The molecular formula is C13H19N3O3. The number of nitrogens with two attached hydrogens (primary N) is 1. The number of nitrogens with zero attached hydrogens (tertiary/aromatic N) is 1. The molecule has 1 unspecified atom stereocenters. The summed E-state index contributed by atoms with van der Waals surface area (Å²) in [6.07, 6.45) is 2.06. The maximum atomic E-state index is 11.7. The quantitative estimate of drug-likeness (QED) is 0.704. The van der Waals surface area contributed by atoms with Gasteiger partial charge >= 0.3 is 5.97 Å². The predicted octanol–water partition coefficient (Wildman–Crippen LogP) is 0.769. The highest BCUT2D eigenvalue weighted by Gasteiger charge is 2.14. The lowest BCUT2D eigenvalue weighted by Crippen LogP contribution is -2.41. The van der Waals surface area contributed by atoms with Gasteiger partial charge in [-0.1, -0.05) is 19.9 Å². The molecule has 0 aliphatic rings. The zero-order valence-electron chi connectivity index (χ0n) is 11.1. The van der Waals surface area contributed by atoms with Crippen molar-refractivity contribution in [2.75, 3.05) is 0 Å². The van der Waals surface area contributed by atoms with Gasteiger partial charge < -0.3 is 16.2 Å². The smallest absolute Gasteiger partial charge is 0.354 e. The molecule has 0 fully saturated rings. The van der Waals surface area contributed by atoms with Crippen LogP contribution in [-0.2, 0) is 11.3 Å². The number of rotatable bonds is 6. The largest absolute Gasteiger partial charge is 0.477 e. The summed E-state index contributed by atoms with van der Waals surface area (Å²) in [4.78, 5) is 26.1. The van der Waals surface area contributed by atoms with E-state index in [9.17, 15) is 9.59 Å². The van der Waals surface area contributed by atoms with Crippen LogP contribution >= 0.6 is 0 Å². The molecular weight excluding hydrogens is 246 g/mol. The van der Waals surface area contributed by atoms with Gasteiger partial charge in [-0.2, -0.15) is 0 Å². The summed E-state index contributed by atoms with van der Waals surface area (Å²) in [5, 5.41) is 11.4. The number of hydrogen-bond acceptors (Lipinski definition) is 4. The maximum Gasteiger partial charge on any atom is 0.354 e. The molecule has 6 heteroatoms. The molecule has 1 rings (SSSR count). The Balaban J connectivity index is 2.48. The van der Waals surface area contributed by atoms with E-state index in [-0.39, 0.29) is 18.1 Å². The molecule has 1 heterocycles. The average molecular weight is 265 g/mol. The molecule has 0 saturated heterocycles. The first kappa shape index (κ1) is 15.1. The van der Waals surface area contributed by atoms with Crippen LogP contribution in [0.15, 0.2) is 18.3 Å². The van der Waals surface area contributed by atoms with Crippen LogP contribution in [0.4, 0.5) is 0 Å². The number of carbonyl (C=O) groups is 2. The molecule has 1 amide bonds. The Kier molecular flexibility index (Phi) is 5.44. The van der Waals surface area contributed by atoms with Gasteiger partial charge in [0, 0.05) is 12.7 Å². The van der Waals surface area contributed by atoms with E-state index in [1.54, 1.807) is 6.07 Å². The van der Waals surface area contributed by atoms with Gasteiger partial charge in [0.15, 0.2) is 0 Å². The summed E-state index contributed by atoms with van der Waals surface area (Å²) >= 11 is 0. The number of hydrogen-bond donors (Lipinski definition) is 3. The lowest BCUT2D eigenvalue weighted by atomic mass is 10.0. The highest BCUT2D eigenvalue weighted by molar-refractivity contribution is 5.85. The number of carboxylic acid groups (broad SMARTS) is 1. The normalized spacial score (nSPS) is 12.2. The van der Waals surface area contributed by atoms with E-state index >= 15 is 0 Å². The summed E-state index contributed by atoms with van der Waals surface area (Å²) in [6.45, 7) is 4.29. The Morgan fingerprint density at radius 3 is 2.58 bits per heavy atom. The van der Waals surface area contributed by atoms with Gasteiger partial charge in [0.1, 0.15) is 5.69 Å². The second kappa shape index (κ2) is 6.84. The number of aromatic carboxylic acids is 1. The van der Waals surface area contributed by atoms with Crippen molar-refractivity contribution in [1.29, 1.82) is 0 Å². The second-order valence-electron chi connectivity index (χ2n) is 4.81. The molecule has 1 atom stereocenters. The van der Waals surface area contributed by atoms with Crippen molar-refractivity contribution in [2.24, 2.45) is 11.7 Å². The Morgan fingerprint density at radius 2 is 2.11 bits per heavy atom. The van der Waals surface area contributed by atoms with Gasteiger partial charge in [-0.05, 0) is 24.0 Å². The van der Waals surface area contributed by atoms with Crippen LogP contribution in [0.1, 0.15) is 36.3 Å². The first-order chi connectivity index (χ1) is 8.90. The standard InChI is InChI=1S/C13H19N3O3/c1-8(2)5-10(14)12(17)16-7-9-3-4-11(13(18)19)15-6-9/h3-4,6,8,10H,5,7,14H2,1-2H3,(H,16,17)(H,18,19). The van der Waals surface area contributed by atoms with Crippen molar-refractivity contribution in [3.05, 3.63) is 29.6 Å². The molecule has 0 spiro atoms. The van der Waals surface area contributed by atoms with Crippen LogP contribution < -0.4 is 11.1 Å². The van der Waals surface area contributed by atoms with Gasteiger partial charge in [0.2, 0.25) is 5.91 Å². The van der Waals surface area contributed by atoms with Crippen molar-refractivity contribution < 1.29 is 14.7 Å². The van der Waals surface area contributed by atoms with E-state index in [2.05, 4.69) is 10.3 Å². The van der Waals surface area contributed by atoms with Crippen molar-refractivity contribution >= 4 is 11.9 Å². The molecule has 0 bridgehead atoms. The molecule has 0 aliphatic heterocycles. The minimum absolute atomic E-state index is 0.0217. The van der Waals surface area contributed by atoms with Gasteiger partial charge in [0.25, 0.3) is 0 Å². The van der Waals surface area contributed by atoms with Crippen LogP contribution in [0.5, 0.6) is 0 Å². The first-order valence-corrected chi connectivity index (χ1v) is 6.11. The topological polar surface area (TPSA) is 105 Å². The highest BCUT2D eigenvalue weighted by Crippen LogP contribution is 2.04. The molecule has 0 saturated carbocycles. The Bertz CT molecular complexity index is 443. The number of amides is 1. The number of aromatic nitrogens is 1. The average Bonchev–Trinajstić information content (AvgIpc) is 2.35. The van der Waals surface area contributed by atoms with Crippen molar-refractivity contribution in [3.8, 4) is 0 Å². The van der Waals surface area contributed by atoms with Crippen LogP contribution in [0, 0.1) is 5.92 Å². The Labute approximate surface area is 112 Å². The third kappa shape index (κ3) is 5.05. The van der Waals surface area contributed by atoms with Crippen molar-refractivity contribution in [3.63, 3.8) is 0 Å². The monoisotopic (exact) mass is 265 g/mol. The first-order valence-electron chi connectivity index (χ1n) is 6.11. The van der Waals surface area contributed by atoms with E-state index in [4.69, 9.17) is 10.8 Å². The zero-order valence-corrected chi connectivity index (χ0v) is 11.1. The molecule has 0 radical (unpaired) electrons. The molecule has 1 aromatic heterocycles.